The minimum absolute atomic E-state index is 0.0521. The average molecular weight is 144 g/mol. The van der Waals surface area contributed by atoms with Gasteiger partial charge in [-0.25, -0.2) is 5.01 Å². The summed E-state index contributed by atoms with van der Waals surface area (Å²) in [5, 5.41) is 10.1. The zero-order chi connectivity index (χ0) is 7.40. The maximum absolute atomic E-state index is 8.38. The monoisotopic (exact) mass is 144 g/mol. The Labute approximate surface area is 59.8 Å². The van der Waals surface area contributed by atoms with Crippen molar-refractivity contribution in [2.45, 2.75) is 6.10 Å². The van der Waals surface area contributed by atoms with Crippen LogP contribution in [0.3, 0.4) is 0 Å². The van der Waals surface area contributed by atoms with Crippen molar-refractivity contribution in [2.75, 3.05) is 19.7 Å². The van der Waals surface area contributed by atoms with Crippen LogP contribution in [-0.4, -0.2) is 35.9 Å². The lowest BCUT2D eigenvalue weighted by atomic mass is 10.3. The van der Waals surface area contributed by atoms with Crippen molar-refractivity contribution in [1.29, 1.82) is 0 Å². The molecule has 0 spiro atoms. The third kappa shape index (κ3) is 1.98. The second kappa shape index (κ2) is 3.55. The topological polar surface area (TPSA) is 58.7 Å². The summed E-state index contributed by atoms with van der Waals surface area (Å²) in [5.41, 5.74) is 0. The van der Waals surface area contributed by atoms with Crippen LogP contribution in [0.2, 0.25) is 0 Å². The van der Waals surface area contributed by atoms with Crippen molar-refractivity contribution in [1.82, 2.24) is 5.01 Å². The first kappa shape index (κ1) is 7.53. The summed E-state index contributed by atoms with van der Waals surface area (Å²) >= 11 is 0. The summed E-state index contributed by atoms with van der Waals surface area (Å²) in [6, 6.07) is 0. The van der Waals surface area contributed by atoms with E-state index >= 15 is 0 Å². The fourth-order valence-electron chi connectivity index (χ4n) is 0.909. The van der Waals surface area contributed by atoms with Gasteiger partial charge in [-0.1, -0.05) is 0 Å². The van der Waals surface area contributed by atoms with Crippen LogP contribution < -0.4 is 5.84 Å². The Morgan fingerprint density at radius 3 is 3.10 bits per heavy atom. The van der Waals surface area contributed by atoms with E-state index in [1.54, 1.807) is 11.1 Å². The molecule has 3 N–H and O–H groups in total. The lowest BCUT2D eigenvalue weighted by Crippen LogP contribution is -2.45. The van der Waals surface area contributed by atoms with Gasteiger partial charge in [0.15, 0.2) is 0 Å². The molecule has 0 aliphatic carbocycles. The average Bonchev–Trinajstić information content (AvgIpc) is 1.88. The zero-order valence-electron chi connectivity index (χ0n) is 5.73. The number of aliphatic hydroxyl groups is 1. The third-order valence-corrected chi connectivity index (χ3v) is 1.43. The number of nitrogens with two attached hydrogens (primary N) is 1. The fraction of sp³-hybridized carbons (Fsp3) is 0.667. The summed E-state index contributed by atoms with van der Waals surface area (Å²) in [6.45, 7) is 2.04. The van der Waals surface area contributed by atoms with E-state index in [4.69, 9.17) is 15.7 Å². The van der Waals surface area contributed by atoms with Gasteiger partial charge in [0, 0.05) is 13.1 Å². The fourth-order valence-corrected chi connectivity index (χ4v) is 0.909. The molecule has 0 saturated carbocycles. The number of hydrogen-bond donors (Lipinski definition) is 2. The predicted octanol–water partition coefficient (Wildman–Crippen LogP) is -0.367. The van der Waals surface area contributed by atoms with Gasteiger partial charge >= 0.3 is 0 Å². The molecule has 0 aromatic rings. The number of rotatable bonds is 1. The van der Waals surface area contributed by atoms with E-state index in [0.29, 0.717) is 13.2 Å². The van der Waals surface area contributed by atoms with Gasteiger partial charge < -0.3 is 9.84 Å². The first-order valence-corrected chi connectivity index (χ1v) is 3.25. The largest absolute Gasteiger partial charge is 0.516 e. The van der Waals surface area contributed by atoms with Crippen molar-refractivity contribution < 1.29 is 9.84 Å². The molecule has 1 heterocycles. The summed E-state index contributed by atoms with van der Waals surface area (Å²) in [5.74, 6) is 5.49. The van der Waals surface area contributed by atoms with Crippen LogP contribution in [-0.2, 0) is 4.74 Å². The smallest absolute Gasteiger partial charge is 0.0929 e. The molecule has 1 atom stereocenters. The number of morpholine rings is 1. The maximum atomic E-state index is 8.38. The molecule has 4 nitrogen and oxygen atoms in total. The highest BCUT2D eigenvalue weighted by molar-refractivity contribution is 4.86. The minimum atomic E-state index is -0.0521. The first-order chi connectivity index (χ1) is 4.83. The number of aliphatic hydroxyl groups excluding tert-OH is 1. The summed E-state index contributed by atoms with van der Waals surface area (Å²) in [6.07, 6.45) is 2.52. The molecular weight excluding hydrogens is 132 g/mol. The molecular formula is C6H12N2O2. The molecule has 10 heavy (non-hydrogen) atoms. The predicted molar refractivity (Wildman–Crippen MR) is 37.3 cm³/mol. The molecule has 1 aliphatic heterocycles. The van der Waals surface area contributed by atoms with Gasteiger partial charge in [0.1, 0.15) is 0 Å². The molecule has 0 radical (unpaired) electrons. The van der Waals surface area contributed by atoms with Crippen molar-refractivity contribution >= 4 is 0 Å². The Morgan fingerprint density at radius 2 is 2.50 bits per heavy atom. The van der Waals surface area contributed by atoms with Gasteiger partial charge in [-0.15, -0.1) is 0 Å². The van der Waals surface area contributed by atoms with Crippen LogP contribution in [0.25, 0.3) is 0 Å². The first-order valence-electron chi connectivity index (χ1n) is 3.25. The summed E-state index contributed by atoms with van der Waals surface area (Å²) in [4.78, 5) is 0. The number of nitrogens with zero attached hydrogens (tertiary/aromatic N) is 1. The number of hydrazine groups is 1. The molecule has 4 heteroatoms. The van der Waals surface area contributed by atoms with Crippen LogP contribution in [0.4, 0.5) is 0 Å². The Balaban J connectivity index is 2.32. The molecule has 1 saturated heterocycles. The lowest BCUT2D eigenvalue weighted by Gasteiger charge is -2.27. The van der Waals surface area contributed by atoms with E-state index in [9.17, 15) is 0 Å². The SMILES string of the molecule is NN1CCO[C@@H](/C=C/O)C1. The van der Waals surface area contributed by atoms with Crippen LogP contribution in [0, 0.1) is 0 Å². The molecule has 0 bridgehead atoms. The van der Waals surface area contributed by atoms with Crippen LogP contribution in [0.15, 0.2) is 12.3 Å². The highest BCUT2D eigenvalue weighted by Gasteiger charge is 2.14. The highest BCUT2D eigenvalue weighted by Crippen LogP contribution is 2.01. The molecule has 0 unspecified atom stereocenters. The Kier molecular flexibility index (Phi) is 2.68. The maximum Gasteiger partial charge on any atom is 0.0929 e. The van der Waals surface area contributed by atoms with E-state index in [0.717, 1.165) is 12.8 Å². The van der Waals surface area contributed by atoms with Crippen molar-refractivity contribution in [3.05, 3.63) is 12.3 Å². The van der Waals surface area contributed by atoms with Crippen LogP contribution >= 0.6 is 0 Å². The summed E-state index contributed by atoms with van der Waals surface area (Å²) < 4.78 is 5.22. The van der Waals surface area contributed by atoms with Crippen LogP contribution in [0.1, 0.15) is 0 Å². The van der Waals surface area contributed by atoms with Gasteiger partial charge in [0.2, 0.25) is 0 Å². The molecule has 1 aliphatic rings. The Hall–Kier alpha value is -0.580. The Morgan fingerprint density at radius 1 is 1.70 bits per heavy atom. The van der Waals surface area contributed by atoms with E-state index in [2.05, 4.69) is 0 Å². The second-order valence-electron chi connectivity index (χ2n) is 2.25. The Bertz CT molecular complexity index is 127. The number of ether oxygens (including phenoxy) is 1. The molecule has 1 rings (SSSR count). The van der Waals surface area contributed by atoms with Gasteiger partial charge in [-0.3, -0.25) is 5.84 Å². The van der Waals surface area contributed by atoms with E-state index in [1.165, 1.54) is 0 Å². The molecule has 0 amide bonds. The van der Waals surface area contributed by atoms with E-state index in [1.807, 2.05) is 0 Å². The van der Waals surface area contributed by atoms with Gasteiger partial charge in [-0.05, 0) is 6.08 Å². The highest BCUT2D eigenvalue weighted by atomic mass is 16.5. The molecule has 0 aromatic carbocycles. The van der Waals surface area contributed by atoms with Crippen LogP contribution in [0.5, 0.6) is 0 Å². The van der Waals surface area contributed by atoms with Crippen molar-refractivity contribution in [3.8, 4) is 0 Å². The summed E-state index contributed by atoms with van der Waals surface area (Å²) in [7, 11) is 0. The van der Waals surface area contributed by atoms with Gasteiger partial charge in [0.25, 0.3) is 0 Å². The standard InChI is InChI=1S/C6H12N2O2/c7-8-2-4-10-6(5-8)1-3-9/h1,3,6,9H,2,4-5,7H2/b3-1+/t6-/m0/s1. The van der Waals surface area contributed by atoms with Gasteiger partial charge in [0.05, 0.1) is 19.0 Å². The second-order valence-corrected chi connectivity index (χ2v) is 2.25. The molecule has 58 valence electrons. The number of hydrogen-bond acceptors (Lipinski definition) is 4. The molecule has 0 aromatic heterocycles. The lowest BCUT2D eigenvalue weighted by molar-refractivity contribution is -0.00435. The third-order valence-electron chi connectivity index (χ3n) is 1.43. The molecule has 1 fully saturated rings. The van der Waals surface area contributed by atoms with Crippen molar-refractivity contribution in [3.63, 3.8) is 0 Å². The normalized spacial score (nSPS) is 29.5. The van der Waals surface area contributed by atoms with Gasteiger partial charge in [-0.2, -0.15) is 0 Å². The zero-order valence-corrected chi connectivity index (χ0v) is 5.73. The van der Waals surface area contributed by atoms with Crippen molar-refractivity contribution in [2.24, 2.45) is 5.84 Å². The minimum Gasteiger partial charge on any atom is -0.516 e. The quantitative estimate of drug-likeness (QED) is 0.389. The van der Waals surface area contributed by atoms with E-state index in [-0.39, 0.29) is 6.10 Å². The van der Waals surface area contributed by atoms with E-state index < -0.39 is 0 Å².